The number of fused-ring (bicyclic) bond motifs is 1. The molecule has 0 aliphatic heterocycles. The predicted molar refractivity (Wildman–Crippen MR) is 74.8 cm³/mol. The van der Waals surface area contributed by atoms with E-state index < -0.39 is 5.78 Å². The van der Waals surface area contributed by atoms with Crippen molar-refractivity contribution in [3.05, 3.63) is 66.2 Å². The van der Waals surface area contributed by atoms with Crippen LogP contribution in [-0.2, 0) is 4.79 Å². The summed E-state index contributed by atoms with van der Waals surface area (Å²) < 4.78 is 14.1. The summed E-state index contributed by atoms with van der Waals surface area (Å²) in [6.45, 7) is 0. The van der Waals surface area contributed by atoms with Gasteiger partial charge >= 0.3 is 0 Å². The molecule has 0 aliphatic carbocycles. The molecule has 0 spiro atoms. The van der Waals surface area contributed by atoms with Gasteiger partial charge in [-0.3, -0.25) is 9.59 Å². The van der Waals surface area contributed by atoms with Gasteiger partial charge in [0.2, 0.25) is 5.78 Å². The number of aromatic nitrogens is 1. The fourth-order valence-corrected chi connectivity index (χ4v) is 2.11. The van der Waals surface area contributed by atoms with E-state index >= 15 is 0 Å². The number of ketones is 1. The molecule has 21 heavy (non-hydrogen) atoms. The summed E-state index contributed by atoms with van der Waals surface area (Å²) in [4.78, 5) is 28.2. The molecule has 0 aliphatic rings. The molecule has 0 saturated carbocycles. The number of aldehydes is 1. The first-order valence-corrected chi connectivity index (χ1v) is 6.22. The molecule has 104 valence electrons. The van der Waals surface area contributed by atoms with Crippen molar-refractivity contribution in [1.82, 2.24) is 4.73 Å². The van der Waals surface area contributed by atoms with Gasteiger partial charge in [-0.05, 0) is 24.3 Å². The SMILES string of the molecule is O=CC(=O)c1c2ccccc2cn1Oc1ccc(F)cc1. The zero-order valence-electron chi connectivity index (χ0n) is 10.8. The minimum absolute atomic E-state index is 0.143. The van der Waals surface area contributed by atoms with Gasteiger partial charge in [0.1, 0.15) is 11.5 Å². The minimum Gasteiger partial charge on any atom is -0.375 e. The van der Waals surface area contributed by atoms with Crippen molar-refractivity contribution in [3.8, 4) is 5.75 Å². The van der Waals surface area contributed by atoms with Crippen molar-refractivity contribution in [3.63, 3.8) is 0 Å². The standard InChI is InChI=1S/C16H10FNO3/c17-12-5-7-13(8-6-12)21-18-9-11-3-1-2-4-14(11)16(18)15(20)10-19/h1-10H. The van der Waals surface area contributed by atoms with Crippen LogP contribution >= 0.6 is 0 Å². The van der Waals surface area contributed by atoms with E-state index in [1.165, 1.54) is 29.0 Å². The topological polar surface area (TPSA) is 48.3 Å². The Kier molecular flexibility index (Phi) is 3.23. The number of benzene rings is 2. The van der Waals surface area contributed by atoms with E-state index in [2.05, 4.69) is 0 Å². The van der Waals surface area contributed by atoms with Crippen LogP contribution in [-0.4, -0.2) is 16.8 Å². The van der Waals surface area contributed by atoms with Gasteiger partial charge in [0.15, 0.2) is 12.0 Å². The van der Waals surface area contributed by atoms with Crippen molar-refractivity contribution in [2.24, 2.45) is 0 Å². The lowest BCUT2D eigenvalue weighted by molar-refractivity contribution is -0.104. The number of carbonyl (C=O) groups is 2. The Hall–Kier alpha value is -2.95. The largest absolute Gasteiger partial charge is 0.375 e. The average Bonchev–Trinajstić information content (AvgIpc) is 2.86. The van der Waals surface area contributed by atoms with Crippen LogP contribution in [0.3, 0.4) is 0 Å². The van der Waals surface area contributed by atoms with Gasteiger partial charge in [-0.2, -0.15) is 4.73 Å². The van der Waals surface area contributed by atoms with E-state index in [1.54, 1.807) is 24.4 Å². The Labute approximate surface area is 119 Å². The fraction of sp³-hybridized carbons (Fsp3) is 0. The lowest BCUT2D eigenvalue weighted by Crippen LogP contribution is -2.13. The molecule has 0 bridgehead atoms. The zero-order chi connectivity index (χ0) is 14.8. The number of carbonyl (C=O) groups excluding carboxylic acids is 2. The number of nitrogens with zero attached hydrogens (tertiary/aromatic N) is 1. The number of halogens is 1. The number of rotatable bonds is 4. The molecule has 0 amide bonds. The second kappa shape index (κ2) is 5.20. The number of hydrogen-bond acceptors (Lipinski definition) is 3. The second-order valence-corrected chi connectivity index (χ2v) is 4.42. The molecule has 3 aromatic rings. The van der Waals surface area contributed by atoms with E-state index in [4.69, 9.17) is 4.84 Å². The van der Waals surface area contributed by atoms with Crippen LogP contribution in [0.15, 0.2) is 54.7 Å². The van der Waals surface area contributed by atoms with Crippen molar-refractivity contribution in [2.75, 3.05) is 0 Å². The van der Waals surface area contributed by atoms with Gasteiger partial charge in [-0.25, -0.2) is 4.39 Å². The van der Waals surface area contributed by atoms with Gasteiger partial charge in [-0.15, -0.1) is 0 Å². The van der Waals surface area contributed by atoms with Gasteiger partial charge < -0.3 is 4.84 Å². The summed E-state index contributed by atoms with van der Waals surface area (Å²) >= 11 is 0. The number of hydrogen-bond donors (Lipinski definition) is 0. The maximum absolute atomic E-state index is 12.9. The lowest BCUT2D eigenvalue weighted by Gasteiger charge is -2.08. The van der Waals surface area contributed by atoms with E-state index in [9.17, 15) is 14.0 Å². The van der Waals surface area contributed by atoms with E-state index in [0.717, 1.165) is 5.39 Å². The molecule has 0 fully saturated rings. The maximum atomic E-state index is 12.9. The smallest absolute Gasteiger partial charge is 0.245 e. The Morgan fingerprint density at radius 3 is 2.52 bits per heavy atom. The summed E-state index contributed by atoms with van der Waals surface area (Å²) in [5, 5.41) is 1.39. The summed E-state index contributed by atoms with van der Waals surface area (Å²) in [6.07, 6.45) is 1.85. The van der Waals surface area contributed by atoms with Crippen LogP contribution in [0.1, 0.15) is 10.5 Å². The molecule has 3 rings (SSSR count). The average molecular weight is 283 g/mol. The molecule has 0 atom stereocenters. The first kappa shape index (κ1) is 13.1. The second-order valence-electron chi connectivity index (χ2n) is 4.42. The van der Waals surface area contributed by atoms with Gasteiger partial charge in [0.25, 0.3) is 0 Å². The normalized spacial score (nSPS) is 10.5. The molecule has 0 N–H and O–H groups in total. The van der Waals surface area contributed by atoms with Gasteiger partial charge in [0.05, 0.1) is 6.20 Å². The quantitative estimate of drug-likeness (QED) is 0.420. The van der Waals surface area contributed by atoms with Crippen LogP contribution < -0.4 is 4.84 Å². The van der Waals surface area contributed by atoms with Gasteiger partial charge in [0, 0.05) is 10.8 Å². The lowest BCUT2D eigenvalue weighted by atomic mass is 10.1. The molecule has 0 saturated heterocycles. The monoisotopic (exact) mass is 283 g/mol. The van der Waals surface area contributed by atoms with Crippen molar-refractivity contribution >= 4 is 22.8 Å². The molecule has 1 heterocycles. The van der Waals surface area contributed by atoms with Crippen LogP contribution in [0.4, 0.5) is 4.39 Å². The van der Waals surface area contributed by atoms with Crippen LogP contribution in [0.2, 0.25) is 0 Å². The molecular weight excluding hydrogens is 273 g/mol. The zero-order valence-corrected chi connectivity index (χ0v) is 10.8. The van der Waals surface area contributed by atoms with Crippen LogP contribution in [0.25, 0.3) is 10.8 Å². The maximum Gasteiger partial charge on any atom is 0.245 e. The molecule has 4 nitrogen and oxygen atoms in total. The van der Waals surface area contributed by atoms with Crippen LogP contribution in [0, 0.1) is 5.82 Å². The molecule has 1 aromatic heterocycles. The summed E-state index contributed by atoms with van der Waals surface area (Å²) in [5.74, 6) is -0.709. The molecule has 2 aromatic carbocycles. The first-order chi connectivity index (χ1) is 10.2. The molecule has 0 unspecified atom stereocenters. The number of Topliss-reactive ketones (excluding diaryl/α,β-unsaturated/α-hetero) is 1. The Balaban J connectivity index is 2.10. The minimum atomic E-state index is -0.682. The Morgan fingerprint density at radius 2 is 1.81 bits per heavy atom. The third-order valence-electron chi connectivity index (χ3n) is 3.05. The summed E-state index contributed by atoms with van der Waals surface area (Å²) in [7, 11) is 0. The summed E-state index contributed by atoms with van der Waals surface area (Å²) in [5.41, 5.74) is 0.143. The van der Waals surface area contributed by atoms with Crippen LogP contribution in [0.5, 0.6) is 5.75 Å². The van der Waals surface area contributed by atoms with Crippen molar-refractivity contribution in [2.45, 2.75) is 0 Å². The molecular formula is C16H10FNO3. The van der Waals surface area contributed by atoms with E-state index in [0.29, 0.717) is 11.1 Å². The highest BCUT2D eigenvalue weighted by Crippen LogP contribution is 2.23. The predicted octanol–water partition coefficient (Wildman–Crippen LogP) is 3.00. The summed E-state index contributed by atoms with van der Waals surface area (Å²) in [6, 6.07) is 12.5. The highest BCUT2D eigenvalue weighted by atomic mass is 19.1. The van der Waals surface area contributed by atoms with E-state index in [1.807, 2.05) is 6.07 Å². The Bertz CT molecular complexity index is 821. The van der Waals surface area contributed by atoms with Crippen molar-refractivity contribution < 1.29 is 18.8 Å². The third-order valence-corrected chi connectivity index (χ3v) is 3.05. The fourth-order valence-electron chi connectivity index (χ4n) is 2.11. The third kappa shape index (κ3) is 2.41. The molecule has 0 radical (unpaired) electrons. The molecule has 5 heteroatoms. The van der Waals surface area contributed by atoms with E-state index in [-0.39, 0.29) is 17.8 Å². The highest BCUT2D eigenvalue weighted by Gasteiger charge is 2.17. The van der Waals surface area contributed by atoms with Gasteiger partial charge in [-0.1, -0.05) is 24.3 Å². The Morgan fingerprint density at radius 1 is 1.10 bits per heavy atom. The highest BCUT2D eigenvalue weighted by molar-refractivity contribution is 6.35. The van der Waals surface area contributed by atoms with Crippen molar-refractivity contribution in [1.29, 1.82) is 0 Å². The first-order valence-electron chi connectivity index (χ1n) is 6.22.